The van der Waals surface area contributed by atoms with Crippen molar-refractivity contribution in [3.63, 3.8) is 0 Å². The Morgan fingerprint density at radius 1 is 1.35 bits per heavy atom. The molecule has 6 nitrogen and oxygen atoms in total. The molecular formula is C17H21N3O3. The SMILES string of the molecule is COCc1ccc([C@@H]2CCCN2c2nccn(C3CC3)c2=O)o1. The van der Waals surface area contributed by atoms with Crippen molar-refractivity contribution < 1.29 is 9.15 Å². The molecule has 0 unspecified atom stereocenters. The van der Waals surface area contributed by atoms with Gasteiger partial charge in [0.1, 0.15) is 18.1 Å². The molecule has 0 spiro atoms. The molecule has 0 amide bonds. The van der Waals surface area contributed by atoms with Gasteiger partial charge in [0.15, 0.2) is 5.82 Å². The fourth-order valence-electron chi connectivity index (χ4n) is 3.36. The lowest BCUT2D eigenvalue weighted by Gasteiger charge is -2.24. The van der Waals surface area contributed by atoms with Gasteiger partial charge in [-0.1, -0.05) is 0 Å². The van der Waals surface area contributed by atoms with Gasteiger partial charge in [0.2, 0.25) is 0 Å². The molecule has 3 heterocycles. The van der Waals surface area contributed by atoms with E-state index in [0.29, 0.717) is 18.5 Å². The second-order valence-electron chi connectivity index (χ2n) is 6.28. The molecule has 1 saturated heterocycles. The van der Waals surface area contributed by atoms with Gasteiger partial charge in [-0.2, -0.15) is 0 Å². The van der Waals surface area contributed by atoms with Gasteiger partial charge in [-0.15, -0.1) is 0 Å². The standard InChI is InChI=1S/C17H21N3O3/c1-22-11-13-6-7-15(23-13)14-3-2-9-20(14)16-17(21)19(10-8-18-16)12-4-5-12/h6-8,10,12,14H,2-5,9,11H2,1H3/t14-/m0/s1. The van der Waals surface area contributed by atoms with Crippen LogP contribution in [0.25, 0.3) is 0 Å². The summed E-state index contributed by atoms with van der Waals surface area (Å²) in [5.41, 5.74) is 0.0190. The Morgan fingerprint density at radius 2 is 2.22 bits per heavy atom. The number of hydrogen-bond donors (Lipinski definition) is 0. The normalized spacial score (nSPS) is 21.1. The number of furan rings is 1. The maximum atomic E-state index is 12.7. The van der Waals surface area contributed by atoms with Crippen LogP contribution in [-0.2, 0) is 11.3 Å². The number of nitrogens with zero attached hydrogens (tertiary/aromatic N) is 3. The van der Waals surface area contributed by atoms with E-state index in [9.17, 15) is 4.79 Å². The Kier molecular flexibility index (Phi) is 3.69. The third kappa shape index (κ3) is 2.67. The summed E-state index contributed by atoms with van der Waals surface area (Å²) in [5, 5.41) is 0. The van der Waals surface area contributed by atoms with Gasteiger partial charge in [-0.05, 0) is 37.8 Å². The largest absolute Gasteiger partial charge is 0.461 e. The Bertz CT molecular complexity index is 748. The van der Waals surface area contributed by atoms with Crippen LogP contribution in [0.15, 0.2) is 33.7 Å². The van der Waals surface area contributed by atoms with Gasteiger partial charge in [-0.25, -0.2) is 4.98 Å². The van der Waals surface area contributed by atoms with Crippen LogP contribution in [0.4, 0.5) is 5.82 Å². The number of rotatable bonds is 5. The molecule has 2 aromatic heterocycles. The number of methoxy groups -OCH3 is 1. The van der Waals surface area contributed by atoms with Crippen molar-refractivity contribution in [3.05, 3.63) is 46.4 Å². The maximum absolute atomic E-state index is 12.7. The van der Waals surface area contributed by atoms with E-state index in [0.717, 1.165) is 43.7 Å². The highest BCUT2D eigenvalue weighted by atomic mass is 16.5. The first-order valence-electron chi connectivity index (χ1n) is 8.19. The molecule has 6 heteroatoms. The Balaban J connectivity index is 1.65. The Morgan fingerprint density at radius 3 is 3.00 bits per heavy atom. The van der Waals surface area contributed by atoms with Gasteiger partial charge in [0, 0.05) is 32.1 Å². The second kappa shape index (κ2) is 5.85. The molecule has 0 N–H and O–H groups in total. The summed E-state index contributed by atoms with van der Waals surface area (Å²) >= 11 is 0. The zero-order valence-corrected chi connectivity index (χ0v) is 13.3. The number of hydrogen-bond acceptors (Lipinski definition) is 5. The van der Waals surface area contributed by atoms with E-state index in [1.54, 1.807) is 19.5 Å². The average Bonchev–Trinajstić information content (AvgIpc) is 3.09. The van der Waals surface area contributed by atoms with E-state index in [2.05, 4.69) is 9.88 Å². The lowest BCUT2D eigenvalue weighted by atomic mass is 10.1. The van der Waals surface area contributed by atoms with Gasteiger partial charge in [-0.3, -0.25) is 4.79 Å². The lowest BCUT2D eigenvalue weighted by molar-refractivity contribution is 0.162. The van der Waals surface area contributed by atoms with E-state index in [4.69, 9.17) is 9.15 Å². The van der Waals surface area contributed by atoms with Crippen LogP contribution in [0.2, 0.25) is 0 Å². The molecule has 0 bridgehead atoms. The molecule has 122 valence electrons. The van der Waals surface area contributed by atoms with Gasteiger partial charge in [0.25, 0.3) is 5.56 Å². The van der Waals surface area contributed by atoms with Crippen molar-refractivity contribution in [1.82, 2.24) is 9.55 Å². The molecule has 1 atom stereocenters. The molecule has 2 aliphatic rings. The molecule has 23 heavy (non-hydrogen) atoms. The summed E-state index contributed by atoms with van der Waals surface area (Å²) in [6.45, 7) is 1.30. The van der Waals surface area contributed by atoms with Crippen molar-refractivity contribution in [2.24, 2.45) is 0 Å². The van der Waals surface area contributed by atoms with Gasteiger partial charge < -0.3 is 18.6 Å². The van der Waals surface area contributed by atoms with Crippen molar-refractivity contribution >= 4 is 5.82 Å². The van der Waals surface area contributed by atoms with Crippen LogP contribution in [0.5, 0.6) is 0 Å². The zero-order chi connectivity index (χ0) is 15.8. The summed E-state index contributed by atoms with van der Waals surface area (Å²) in [5.74, 6) is 2.25. The molecule has 0 radical (unpaired) electrons. The third-order valence-electron chi connectivity index (χ3n) is 4.61. The summed E-state index contributed by atoms with van der Waals surface area (Å²) in [7, 11) is 1.65. The van der Waals surface area contributed by atoms with Gasteiger partial charge >= 0.3 is 0 Å². The minimum Gasteiger partial charge on any atom is -0.461 e. The Labute approximate surface area is 134 Å². The third-order valence-corrected chi connectivity index (χ3v) is 4.61. The van der Waals surface area contributed by atoms with E-state index in [-0.39, 0.29) is 11.6 Å². The minimum atomic E-state index is 0.0190. The lowest BCUT2D eigenvalue weighted by Crippen LogP contribution is -2.32. The molecule has 2 fully saturated rings. The quantitative estimate of drug-likeness (QED) is 0.849. The molecule has 0 aromatic carbocycles. The van der Waals surface area contributed by atoms with E-state index >= 15 is 0 Å². The van der Waals surface area contributed by atoms with Gasteiger partial charge in [0.05, 0.1) is 6.04 Å². The number of aromatic nitrogens is 2. The summed E-state index contributed by atoms with van der Waals surface area (Å²) in [6.07, 6.45) is 7.72. The van der Waals surface area contributed by atoms with E-state index < -0.39 is 0 Å². The van der Waals surface area contributed by atoms with Crippen molar-refractivity contribution in [1.29, 1.82) is 0 Å². The first-order chi connectivity index (χ1) is 11.3. The fourth-order valence-corrected chi connectivity index (χ4v) is 3.36. The van der Waals surface area contributed by atoms with Crippen molar-refractivity contribution in [3.8, 4) is 0 Å². The summed E-state index contributed by atoms with van der Waals surface area (Å²) in [4.78, 5) is 19.2. The van der Waals surface area contributed by atoms with E-state index in [1.165, 1.54) is 0 Å². The van der Waals surface area contributed by atoms with Crippen LogP contribution in [0.3, 0.4) is 0 Å². The van der Waals surface area contributed by atoms with E-state index in [1.807, 2.05) is 16.7 Å². The van der Waals surface area contributed by atoms with Crippen LogP contribution in [0, 0.1) is 0 Å². The zero-order valence-electron chi connectivity index (χ0n) is 13.3. The highest BCUT2D eigenvalue weighted by Crippen LogP contribution is 2.36. The molecule has 1 aliphatic heterocycles. The second-order valence-corrected chi connectivity index (χ2v) is 6.28. The highest BCUT2D eigenvalue weighted by Gasteiger charge is 2.33. The molecular weight excluding hydrogens is 294 g/mol. The van der Waals surface area contributed by atoms with Crippen LogP contribution in [0.1, 0.15) is 49.3 Å². The molecule has 2 aromatic rings. The first-order valence-corrected chi connectivity index (χ1v) is 8.19. The highest BCUT2D eigenvalue weighted by molar-refractivity contribution is 5.41. The Hall–Kier alpha value is -2.08. The number of anilines is 1. The fraction of sp³-hybridized carbons (Fsp3) is 0.529. The predicted molar refractivity (Wildman–Crippen MR) is 85.5 cm³/mol. The molecule has 1 saturated carbocycles. The topological polar surface area (TPSA) is 60.5 Å². The molecule has 1 aliphatic carbocycles. The first kappa shape index (κ1) is 14.5. The smallest absolute Gasteiger partial charge is 0.293 e. The average molecular weight is 315 g/mol. The molecule has 4 rings (SSSR count). The van der Waals surface area contributed by atoms with Crippen molar-refractivity contribution in [2.45, 2.75) is 44.4 Å². The van der Waals surface area contributed by atoms with Crippen LogP contribution in [-0.4, -0.2) is 23.2 Å². The minimum absolute atomic E-state index is 0.0190. The van der Waals surface area contributed by atoms with Crippen LogP contribution >= 0.6 is 0 Å². The number of ether oxygens (including phenoxy) is 1. The summed E-state index contributed by atoms with van der Waals surface area (Å²) < 4.78 is 12.8. The predicted octanol–water partition coefficient (Wildman–Crippen LogP) is 2.66. The summed E-state index contributed by atoms with van der Waals surface area (Å²) in [6, 6.07) is 4.37. The monoisotopic (exact) mass is 315 g/mol. The van der Waals surface area contributed by atoms with Crippen molar-refractivity contribution in [2.75, 3.05) is 18.6 Å². The van der Waals surface area contributed by atoms with Crippen LogP contribution < -0.4 is 10.5 Å². The maximum Gasteiger partial charge on any atom is 0.293 e.